The summed E-state index contributed by atoms with van der Waals surface area (Å²) in [6.45, 7) is 2.78. The lowest BCUT2D eigenvalue weighted by Gasteiger charge is -2.06. The van der Waals surface area contributed by atoms with Crippen LogP contribution in [0.15, 0.2) is 54.6 Å². The average Bonchev–Trinajstić information content (AvgIpc) is 2.55. The number of methoxy groups -OCH3 is 2. The monoisotopic (exact) mass is 272 g/mol. The molecule has 0 amide bonds. The normalized spacial score (nSPS) is 9.35. The Morgan fingerprint density at radius 1 is 0.950 bits per heavy atom. The number of hydrogen-bond donors (Lipinski definition) is 0. The largest absolute Gasteiger partial charge is 0.496 e. The molecular formula is C17H20O3. The Balaban J connectivity index is 0.000000444. The minimum absolute atomic E-state index is 0.0157. The van der Waals surface area contributed by atoms with Gasteiger partial charge in [0.15, 0.2) is 5.78 Å². The molecule has 0 atom stereocenters. The molecule has 106 valence electrons. The predicted octanol–water partition coefficient (Wildman–Crippen LogP) is 3.58. The van der Waals surface area contributed by atoms with Crippen LogP contribution in [0, 0.1) is 0 Å². The zero-order valence-corrected chi connectivity index (χ0v) is 12.1. The van der Waals surface area contributed by atoms with Crippen LogP contribution in [0.1, 0.15) is 22.8 Å². The van der Waals surface area contributed by atoms with Gasteiger partial charge in [-0.2, -0.15) is 0 Å². The molecule has 0 spiro atoms. The molecule has 0 heterocycles. The van der Waals surface area contributed by atoms with E-state index in [0.717, 1.165) is 6.61 Å². The lowest BCUT2D eigenvalue weighted by atomic mass is 10.0. The first-order valence-corrected chi connectivity index (χ1v) is 6.46. The van der Waals surface area contributed by atoms with E-state index in [-0.39, 0.29) is 5.78 Å². The minimum atomic E-state index is -0.0157. The molecule has 0 aliphatic rings. The SMILES string of the molecule is CCOC.COc1ccccc1C(=O)c1ccccc1. The van der Waals surface area contributed by atoms with Crippen molar-refractivity contribution in [1.29, 1.82) is 0 Å². The number of ether oxygens (including phenoxy) is 2. The third kappa shape index (κ3) is 4.52. The highest BCUT2D eigenvalue weighted by atomic mass is 16.5. The summed E-state index contributed by atoms with van der Waals surface area (Å²) in [4.78, 5) is 12.1. The summed E-state index contributed by atoms with van der Waals surface area (Å²) >= 11 is 0. The quantitative estimate of drug-likeness (QED) is 0.798. The first kappa shape index (κ1) is 15.9. The molecule has 0 aromatic heterocycles. The van der Waals surface area contributed by atoms with Gasteiger partial charge >= 0.3 is 0 Å². The van der Waals surface area contributed by atoms with E-state index in [1.807, 2.05) is 37.3 Å². The van der Waals surface area contributed by atoms with Crippen LogP contribution in [0.4, 0.5) is 0 Å². The maximum Gasteiger partial charge on any atom is 0.196 e. The molecule has 20 heavy (non-hydrogen) atoms. The third-order valence-corrected chi connectivity index (χ3v) is 2.68. The minimum Gasteiger partial charge on any atom is -0.496 e. The van der Waals surface area contributed by atoms with Crippen LogP contribution in [0.25, 0.3) is 0 Å². The third-order valence-electron chi connectivity index (χ3n) is 2.68. The summed E-state index contributed by atoms with van der Waals surface area (Å²) in [5.41, 5.74) is 1.27. The fourth-order valence-electron chi connectivity index (χ4n) is 1.58. The van der Waals surface area contributed by atoms with E-state index in [0.29, 0.717) is 16.9 Å². The zero-order chi connectivity index (χ0) is 14.8. The van der Waals surface area contributed by atoms with Gasteiger partial charge in [0, 0.05) is 19.3 Å². The molecule has 0 aliphatic heterocycles. The second-order valence-corrected chi connectivity index (χ2v) is 3.97. The number of carbonyl (C=O) groups excluding carboxylic acids is 1. The van der Waals surface area contributed by atoms with E-state index in [1.54, 1.807) is 38.5 Å². The van der Waals surface area contributed by atoms with Crippen molar-refractivity contribution in [2.45, 2.75) is 6.92 Å². The molecule has 2 aromatic rings. The molecule has 2 rings (SSSR count). The zero-order valence-electron chi connectivity index (χ0n) is 12.1. The average molecular weight is 272 g/mol. The van der Waals surface area contributed by atoms with Gasteiger partial charge in [0.1, 0.15) is 5.75 Å². The van der Waals surface area contributed by atoms with Gasteiger partial charge in [-0.25, -0.2) is 0 Å². The van der Waals surface area contributed by atoms with E-state index in [4.69, 9.17) is 4.74 Å². The summed E-state index contributed by atoms with van der Waals surface area (Å²) in [5.74, 6) is 0.592. The molecule has 0 N–H and O–H groups in total. The summed E-state index contributed by atoms with van der Waals surface area (Å²) < 4.78 is 9.71. The molecule has 0 saturated carbocycles. The highest BCUT2D eigenvalue weighted by molar-refractivity contribution is 6.10. The van der Waals surface area contributed by atoms with E-state index in [9.17, 15) is 4.79 Å². The Morgan fingerprint density at radius 3 is 2.05 bits per heavy atom. The van der Waals surface area contributed by atoms with Crippen LogP contribution in [-0.4, -0.2) is 26.6 Å². The second-order valence-electron chi connectivity index (χ2n) is 3.97. The van der Waals surface area contributed by atoms with Gasteiger partial charge in [0.05, 0.1) is 12.7 Å². The molecule has 0 unspecified atom stereocenters. The van der Waals surface area contributed by atoms with Crippen molar-refractivity contribution < 1.29 is 14.3 Å². The smallest absolute Gasteiger partial charge is 0.196 e. The van der Waals surface area contributed by atoms with E-state index >= 15 is 0 Å². The summed E-state index contributed by atoms with van der Waals surface area (Å²) in [6, 6.07) is 16.4. The molecular weight excluding hydrogens is 252 g/mol. The van der Waals surface area contributed by atoms with Gasteiger partial charge in [-0.3, -0.25) is 4.79 Å². The summed E-state index contributed by atoms with van der Waals surface area (Å²) in [5, 5.41) is 0. The molecule has 3 heteroatoms. The van der Waals surface area contributed by atoms with Gasteiger partial charge in [0.25, 0.3) is 0 Å². The molecule has 0 saturated heterocycles. The number of carbonyl (C=O) groups is 1. The molecule has 0 bridgehead atoms. The van der Waals surface area contributed by atoms with Crippen molar-refractivity contribution in [2.24, 2.45) is 0 Å². The van der Waals surface area contributed by atoms with Crippen LogP contribution in [0.5, 0.6) is 5.75 Å². The molecule has 0 aliphatic carbocycles. The Morgan fingerprint density at radius 2 is 1.50 bits per heavy atom. The van der Waals surface area contributed by atoms with Crippen LogP contribution >= 0.6 is 0 Å². The van der Waals surface area contributed by atoms with E-state index in [2.05, 4.69) is 4.74 Å². The van der Waals surface area contributed by atoms with E-state index in [1.165, 1.54) is 0 Å². The fourth-order valence-corrected chi connectivity index (χ4v) is 1.58. The molecule has 2 aromatic carbocycles. The van der Waals surface area contributed by atoms with Crippen LogP contribution in [0.2, 0.25) is 0 Å². The highest BCUT2D eigenvalue weighted by Gasteiger charge is 2.12. The van der Waals surface area contributed by atoms with Crippen molar-refractivity contribution in [2.75, 3.05) is 20.8 Å². The standard InChI is InChI=1S/C14H12O2.C3H8O/c1-16-13-10-6-5-9-12(13)14(15)11-7-3-2-4-8-11;1-3-4-2/h2-10H,1H3;3H2,1-2H3. The van der Waals surface area contributed by atoms with Crippen LogP contribution in [0.3, 0.4) is 0 Å². The predicted molar refractivity (Wildman–Crippen MR) is 80.4 cm³/mol. The Hall–Kier alpha value is -2.13. The Labute approximate surface area is 120 Å². The topological polar surface area (TPSA) is 35.5 Å². The van der Waals surface area contributed by atoms with Gasteiger partial charge in [-0.15, -0.1) is 0 Å². The molecule has 0 radical (unpaired) electrons. The maximum atomic E-state index is 12.1. The Bertz CT molecular complexity index is 519. The van der Waals surface area contributed by atoms with Crippen LogP contribution in [-0.2, 0) is 4.74 Å². The fraction of sp³-hybridized carbons (Fsp3) is 0.235. The van der Waals surface area contributed by atoms with Gasteiger partial charge in [-0.05, 0) is 19.1 Å². The first-order chi connectivity index (χ1) is 9.74. The highest BCUT2D eigenvalue weighted by Crippen LogP contribution is 2.20. The summed E-state index contributed by atoms with van der Waals surface area (Å²) in [7, 11) is 3.25. The number of benzene rings is 2. The van der Waals surface area contributed by atoms with Crippen molar-refractivity contribution >= 4 is 5.78 Å². The van der Waals surface area contributed by atoms with E-state index < -0.39 is 0 Å². The number of hydrogen-bond acceptors (Lipinski definition) is 3. The number of ketones is 1. The number of rotatable bonds is 4. The first-order valence-electron chi connectivity index (χ1n) is 6.46. The summed E-state index contributed by atoms with van der Waals surface area (Å²) in [6.07, 6.45) is 0. The van der Waals surface area contributed by atoms with Crippen molar-refractivity contribution in [1.82, 2.24) is 0 Å². The van der Waals surface area contributed by atoms with Gasteiger partial charge < -0.3 is 9.47 Å². The lowest BCUT2D eigenvalue weighted by molar-refractivity contribution is 0.103. The Kier molecular flexibility index (Phi) is 7.07. The van der Waals surface area contributed by atoms with Crippen LogP contribution < -0.4 is 4.74 Å². The van der Waals surface area contributed by atoms with Crippen molar-refractivity contribution in [3.63, 3.8) is 0 Å². The van der Waals surface area contributed by atoms with Crippen molar-refractivity contribution in [3.05, 3.63) is 65.7 Å². The lowest BCUT2D eigenvalue weighted by Crippen LogP contribution is -2.03. The van der Waals surface area contributed by atoms with Gasteiger partial charge in [-0.1, -0.05) is 42.5 Å². The molecule has 0 fully saturated rings. The second kappa shape index (κ2) is 8.88. The van der Waals surface area contributed by atoms with Crippen molar-refractivity contribution in [3.8, 4) is 5.75 Å². The van der Waals surface area contributed by atoms with Gasteiger partial charge in [0.2, 0.25) is 0 Å². The number of para-hydroxylation sites is 1. The molecule has 3 nitrogen and oxygen atoms in total. The maximum absolute atomic E-state index is 12.1.